The third-order valence-corrected chi connectivity index (χ3v) is 2.02. The average molecular weight is 283 g/mol. The lowest BCUT2D eigenvalue weighted by Gasteiger charge is -2.11. The van der Waals surface area contributed by atoms with Crippen molar-refractivity contribution in [1.29, 1.82) is 5.26 Å². The van der Waals surface area contributed by atoms with Gasteiger partial charge in [0, 0.05) is 0 Å². The predicted octanol–water partition coefficient (Wildman–Crippen LogP) is 2.32. The minimum absolute atomic E-state index is 0.313. The van der Waals surface area contributed by atoms with E-state index in [0.29, 0.717) is 6.20 Å². The van der Waals surface area contributed by atoms with Gasteiger partial charge in [-0.2, -0.15) is 5.26 Å². The summed E-state index contributed by atoms with van der Waals surface area (Å²) in [5, 5.41) is 17.5. The van der Waals surface area contributed by atoms with E-state index in [1.165, 1.54) is 6.07 Å². The molecule has 0 fully saturated rings. The highest BCUT2D eigenvalue weighted by atomic mass is 79.9. The molecule has 0 aliphatic heterocycles. The van der Waals surface area contributed by atoms with E-state index in [0.717, 1.165) is 0 Å². The van der Waals surface area contributed by atoms with E-state index in [-0.39, 0.29) is 10.2 Å². The second-order valence-corrected chi connectivity index (χ2v) is 3.09. The molecule has 0 atom stereocenters. The number of pyridine rings is 1. The van der Waals surface area contributed by atoms with Gasteiger partial charge < -0.3 is 9.84 Å². The quantitative estimate of drug-likeness (QED) is 0.858. The molecule has 0 radical (unpaired) electrons. The molecule has 0 bridgehead atoms. The molecule has 4 nitrogen and oxygen atoms in total. The molecule has 0 unspecified atom stereocenters. The van der Waals surface area contributed by atoms with Crippen molar-refractivity contribution < 1.29 is 23.0 Å². The zero-order chi connectivity index (χ0) is 11.6. The van der Waals surface area contributed by atoms with Crippen molar-refractivity contribution in [3.8, 4) is 17.6 Å². The second kappa shape index (κ2) is 3.94. The van der Waals surface area contributed by atoms with Crippen LogP contribution >= 0.6 is 15.9 Å². The maximum atomic E-state index is 11.9. The fraction of sp³-hybridized carbons (Fsp3) is 0.143. The van der Waals surface area contributed by atoms with Crippen LogP contribution in [0.15, 0.2) is 10.7 Å². The predicted molar refractivity (Wildman–Crippen MR) is 45.0 cm³/mol. The molecular formula is C7H2BrF3N2O2. The highest BCUT2D eigenvalue weighted by Crippen LogP contribution is 2.38. The van der Waals surface area contributed by atoms with E-state index in [1.807, 2.05) is 0 Å². The second-order valence-electron chi connectivity index (χ2n) is 2.29. The van der Waals surface area contributed by atoms with E-state index >= 15 is 0 Å². The molecule has 1 N–H and O–H groups in total. The van der Waals surface area contributed by atoms with Crippen LogP contribution in [0.3, 0.4) is 0 Å². The number of halogens is 4. The van der Waals surface area contributed by atoms with Crippen LogP contribution in [-0.4, -0.2) is 16.5 Å². The van der Waals surface area contributed by atoms with Crippen molar-refractivity contribution >= 4 is 15.9 Å². The van der Waals surface area contributed by atoms with Gasteiger partial charge in [0.2, 0.25) is 0 Å². The topological polar surface area (TPSA) is 66.1 Å². The van der Waals surface area contributed by atoms with Crippen LogP contribution in [0.1, 0.15) is 5.69 Å². The largest absolute Gasteiger partial charge is 0.573 e. The number of aromatic hydroxyl groups is 1. The van der Waals surface area contributed by atoms with Gasteiger partial charge >= 0.3 is 6.36 Å². The molecule has 0 aliphatic carbocycles. The number of rotatable bonds is 1. The van der Waals surface area contributed by atoms with Gasteiger partial charge in [-0.05, 0) is 15.9 Å². The Balaban J connectivity index is 3.23. The summed E-state index contributed by atoms with van der Waals surface area (Å²) >= 11 is 2.67. The molecule has 1 heterocycles. The van der Waals surface area contributed by atoms with Gasteiger partial charge in [-0.3, -0.25) is 0 Å². The SMILES string of the molecule is N#Cc1ncc(O)c(OC(F)(F)F)c1Br. The third-order valence-electron chi connectivity index (χ3n) is 1.28. The summed E-state index contributed by atoms with van der Waals surface area (Å²) in [6.07, 6.45) is -4.25. The summed E-state index contributed by atoms with van der Waals surface area (Å²) in [5.41, 5.74) is -0.313. The maximum absolute atomic E-state index is 11.9. The van der Waals surface area contributed by atoms with Crippen LogP contribution in [0.25, 0.3) is 0 Å². The molecule has 0 saturated heterocycles. The fourth-order valence-corrected chi connectivity index (χ4v) is 1.23. The summed E-state index contributed by atoms with van der Waals surface area (Å²) in [6.45, 7) is 0. The summed E-state index contributed by atoms with van der Waals surface area (Å²) in [5.74, 6) is -1.69. The fourth-order valence-electron chi connectivity index (χ4n) is 0.752. The first kappa shape index (κ1) is 11.6. The van der Waals surface area contributed by atoms with E-state index in [4.69, 9.17) is 10.4 Å². The number of hydrogen-bond donors (Lipinski definition) is 1. The smallest absolute Gasteiger partial charge is 0.503 e. The minimum atomic E-state index is -4.95. The van der Waals surface area contributed by atoms with E-state index in [1.54, 1.807) is 0 Å². The Bertz CT molecular complexity index is 427. The van der Waals surface area contributed by atoms with Gasteiger partial charge in [0.25, 0.3) is 0 Å². The summed E-state index contributed by atoms with van der Waals surface area (Å²) in [4.78, 5) is 3.38. The lowest BCUT2D eigenvalue weighted by Crippen LogP contribution is -2.17. The number of aromatic nitrogens is 1. The van der Waals surface area contributed by atoms with Gasteiger partial charge in [-0.25, -0.2) is 4.98 Å². The standard InChI is InChI=1S/C7H2BrF3N2O2/c8-5-3(1-12)13-2-4(14)6(5)15-7(9,10)11/h2,14H. The summed E-state index contributed by atoms with van der Waals surface area (Å²) in [6, 6.07) is 1.53. The summed E-state index contributed by atoms with van der Waals surface area (Å²) < 4.78 is 38.8. The number of hydrogen-bond acceptors (Lipinski definition) is 4. The molecule has 0 aromatic carbocycles. The lowest BCUT2D eigenvalue weighted by atomic mass is 10.3. The monoisotopic (exact) mass is 282 g/mol. The zero-order valence-electron chi connectivity index (χ0n) is 6.84. The number of ether oxygens (including phenoxy) is 1. The van der Waals surface area contributed by atoms with Crippen LogP contribution < -0.4 is 4.74 Å². The Morgan fingerprint density at radius 1 is 1.53 bits per heavy atom. The van der Waals surface area contributed by atoms with E-state index in [2.05, 4.69) is 25.7 Å². The summed E-state index contributed by atoms with van der Waals surface area (Å²) in [7, 11) is 0. The number of nitriles is 1. The van der Waals surface area contributed by atoms with Crippen molar-refractivity contribution in [3.05, 3.63) is 16.4 Å². The molecule has 0 amide bonds. The third kappa shape index (κ3) is 2.73. The van der Waals surface area contributed by atoms with Crippen molar-refractivity contribution in [3.63, 3.8) is 0 Å². The molecular weight excluding hydrogens is 281 g/mol. The number of alkyl halides is 3. The van der Waals surface area contributed by atoms with Crippen molar-refractivity contribution in [2.45, 2.75) is 6.36 Å². The maximum Gasteiger partial charge on any atom is 0.573 e. The first-order valence-corrected chi connectivity index (χ1v) is 4.17. The molecule has 15 heavy (non-hydrogen) atoms. The Kier molecular flexibility index (Phi) is 3.04. The van der Waals surface area contributed by atoms with E-state index < -0.39 is 17.9 Å². The molecule has 0 aliphatic rings. The Labute approximate surface area is 90.0 Å². The van der Waals surface area contributed by atoms with Crippen LogP contribution in [0.5, 0.6) is 11.5 Å². The minimum Gasteiger partial charge on any atom is -0.503 e. The van der Waals surface area contributed by atoms with Crippen molar-refractivity contribution in [1.82, 2.24) is 4.98 Å². The van der Waals surface area contributed by atoms with Crippen molar-refractivity contribution in [2.24, 2.45) is 0 Å². The van der Waals surface area contributed by atoms with E-state index in [9.17, 15) is 13.2 Å². The Morgan fingerprint density at radius 3 is 2.60 bits per heavy atom. The molecule has 8 heteroatoms. The van der Waals surface area contributed by atoms with Gasteiger partial charge in [-0.15, -0.1) is 13.2 Å². The van der Waals surface area contributed by atoms with Crippen LogP contribution in [0.4, 0.5) is 13.2 Å². The molecule has 1 aromatic rings. The van der Waals surface area contributed by atoms with Crippen LogP contribution in [0.2, 0.25) is 0 Å². The normalized spacial score (nSPS) is 10.9. The van der Waals surface area contributed by atoms with Gasteiger partial charge in [-0.1, -0.05) is 0 Å². The van der Waals surface area contributed by atoms with Crippen LogP contribution in [0, 0.1) is 11.3 Å². The van der Waals surface area contributed by atoms with Gasteiger partial charge in [0.1, 0.15) is 10.5 Å². The van der Waals surface area contributed by atoms with Gasteiger partial charge in [0.15, 0.2) is 17.2 Å². The highest BCUT2D eigenvalue weighted by molar-refractivity contribution is 9.10. The molecule has 0 saturated carbocycles. The molecule has 1 rings (SSSR count). The zero-order valence-corrected chi connectivity index (χ0v) is 8.43. The van der Waals surface area contributed by atoms with Crippen molar-refractivity contribution in [2.75, 3.05) is 0 Å². The first-order chi connectivity index (χ1) is 6.85. The van der Waals surface area contributed by atoms with Crippen LogP contribution in [-0.2, 0) is 0 Å². The first-order valence-electron chi connectivity index (χ1n) is 3.38. The molecule has 1 aromatic heterocycles. The Hall–Kier alpha value is -1.49. The average Bonchev–Trinajstić information content (AvgIpc) is 2.11. The Morgan fingerprint density at radius 2 is 2.13 bits per heavy atom. The molecule has 80 valence electrons. The highest BCUT2D eigenvalue weighted by Gasteiger charge is 2.34. The van der Waals surface area contributed by atoms with Gasteiger partial charge in [0.05, 0.1) is 6.20 Å². The lowest BCUT2D eigenvalue weighted by molar-refractivity contribution is -0.275. The number of nitrogens with zero attached hydrogens (tertiary/aromatic N) is 2. The molecule has 0 spiro atoms.